The SMILES string of the molecule is CC(C)Oc1cccc(NCCC2CCCCC2)c1. The van der Waals surface area contributed by atoms with Crippen molar-refractivity contribution in [1.82, 2.24) is 0 Å². The van der Waals surface area contributed by atoms with E-state index in [0.717, 1.165) is 18.2 Å². The Labute approximate surface area is 117 Å². The molecule has 0 heterocycles. The van der Waals surface area contributed by atoms with Gasteiger partial charge >= 0.3 is 0 Å². The number of nitrogens with one attached hydrogen (secondary N) is 1. The highest BCUT2D eigenvalue weighted by Crippen LogP contribution is 2.26. The maximum Gasteiger partial charge on any atom is 0.121 e. The molecule has 0 amide bonds. The lowest BCUT2D eigenvalue weighted by Gasteiger charge is -2.21. The summed E-state index contributed by atoms with van der Waals surface area (Å²) >= 11 is 0. The van der Waals surface area contributed by atoms with Crippen molar-refractivity contribution in [3.05, 3.63) is 24.3 Å². The molecule has 0 saturated heterocycles. The molecule has 2 rings (SSSR count). The van der Waals surface area contributed by atoms with Gasteiger partial charge in [-0.1, -0.05) is 38.2 Å². The Bertz CT molecular complexity index is 369. The lowest BCUT2D eigenvalue weighted by atomic mass is 9.87. The minimum absolute atomic E-state index is 0.234. The Morgan fingerprint density at radius 3 is 2.74 bits per heavy atom. The molecule has 0 spiro atoms. The van der Waals surface area contributed by atoms with Gasteiger partial charge in [0.25, 0.3) is 0 Å². The highest BCUT2D eigenvalue weighted by molar-refractivity contribution is 5.48. The van der Waals surface area contributed by atoms with Gasteiger partial charge in [-0.3, -0.25) is 0 Å². The van der Waals surface area contributed by atoms with Crippen molar-refractivity contribution in [1.29, 1.82) is 0 Å². The van der Waals surface area contributed by atoms with E-state index in [4.69, 9.17) is 4.74 Å². The van der Waals surface area contributed by atoms with Crippen LogP contribution in [-0.2, 0) is 0 Å². The smallest absolute Gasteiger partial charge is 0.121 e. The molecule has 2 heteroatoms. The fraction of sp³-hybridized carbons (Fsp3) is 0.647. The summed E-state index contributed by atoms with van der Waals surface area (Å²) in [6.45, 7) is 5.20. The molecular formula is C17H27NO. The zero-order valence-corrected chi connectivity index (χ0v) is 12.3. The van der Waals surface area contributed by atoms with Crippen LogP contribution in [0.4, 0.5) is 5.69 Å². The second-order valence-corrected chi connectivity index (χ2v) is 5.91. The van der Waals surface area contributed by atoms with E-state index in [1.807, 2.05) is 6.07 Å². The molecule has 1 aliphatic carbocycles. The fourth-order valence-corrected chi connectivity index (χ4v) is 2.85. The van der Waals surface area contributed by atoms with E-state index in [-0.39, 0.29) is 6.10 Å². The average molecular weight is 261 g/mol. The first-order valence-electron chi connectivity index (χ1n) is 7.74. The Morgan fingerprint density at radius 2 is 2.00 bits per heavy atom. The van der Waals surface area contributed by atoms with Gasteiger partial charge in [0.15, 0.2) is 0 Å². The van der Waals surface area contributed by atoms with Gasteiger partial charge in [0, 0.05) is 18.3 Å². The Hall–Kier alpha value is -1.18. The van der Waals surface area contributed by atoms with Gasteiger partial charge in [-0.05, 0) is 38.3 Å². The van der Waals surface area contributed by atoms with Crippen molar-refractivity contribution in [2.45, 2.75) is 58.5 Å². The number of hydrogen-bond donors (Lipinski definition) is 1. The molecule has 0 bridgehead atoms. The van der Waals surface area contributed by atoms with Crippen molar-refractivity contribution in [3.8, 4) is 5.75 Å². The van der Waals surface area contributed by atoms with Crippen molar-refractivity contribution >= 4 is 5.69 Å². The second kappa shape index (κ2) is 7.42. The van der Waals surface area contributed by atoms with Crippen LogP contribution >= 0.6 is 0 Å². The molecule has 0 aromatic heterocycles. The Kier molecular flexibility index (Phi) is 5.56. The van der Waals surface area contributed by atoms with Crippen molar-refractivity contribution < 1.29 is 4.74 Å². The summed E-state index contributed by atoms with van der Waals surface area (Å²) in [6.07, 6.45) is 8.70. The van der Waals surface area contributed by atoms with Crippen molar-refractivity contribution in [3.63, 3.8) is 0 Å². The molecule has 1 aromatic rings. The predicted molar refractivity (Wildman–Crippen MR) is 81.9 cm³/mol. The topological polar surface area (TPSA) is 21.3 Å². The van der Waals surface area contributed by atoms with Gasteiger partial charge in [-0.15, -0.1) is 0 Å². The molecular weight excluding hydrogens is 234 g/mol. The first-order chi connectivity index (χ1) is 9.24. The minimum atomic E-state index is 0.234. The number of rotatable bonds is 6. The molecule has 0 radical (unpaired) electrons. The molecule has 106 valence electrons. The molecule has 0 unspecified atom stereocenters. The van der Waals surface area contributed by atoms with Crippen LogP contribution in [0, 0.1) is 5.92 Å². The largest absolute Gasteiger partial charge is 0.491 e. The highest BCUT2D eigenvalue weighted by Gasteiger charge is 2.12. The average Bonchev–Trinajstić information content (AvgIpc) is 2.40. The number of anilines is 1. The van der Waals surface area contributed by atoms with Gasteiger partial charge in [0.05, 0.1) is 6.10 Å². The zero-order chi connectivity index (χ0) is 13.5. The van der Waals surface area contributed by atoms with Crippen LogP contribution in [0.3, 0.4) is 0 Å². The van der Waals surface area contributed by atoms with Gasteiger partial charge in [0.2, 0.25) is 0 Å². The lowest BCUT2D eigenvalue weighted by molar-refractivity contribution is 0.242. The molecule has 1 fully saturated rings. The van der Waals surface area contributed by atoms with E-state index in [1.54, 1.807) is 0 Å². The van der Waals surface area contributed by atoms with Crippen molar-refractivity contribution in [2.75, 3.05) is 11.9 Å². The van der Waals surface area contributed by atoms with Crippen LogP contribution in [0.1, 0.15) is 52.4 Å². The molecule has 1 saturated carbocycles. The standard InChI is InChI=1S/C17H27NO/c1-14(2)19-17-10-6-9-16(13-17)18-12-11-15-7-4-3-5-8-15/h6,9-10,13-15,18H,3-5,7-8,11-12H2,1-2H3. The van der Waals surface area contributed by atoms with Gasteiger partial charge in [-0.2, -0.15) is 0 Å². The van der Waals surface area contributed by atoms with Crippen LogP contribution in [0.2, 0.25) is 0 Å². The number of hydrogen-bond acceptors (Lipinski definition) is 2. The summed E-state index contributed by atoms with van der Waals surface area (Å²) in [4.78, 5) is 0. The predicted octanol–water partition coefficient (Wildman–Crippen LogP) is 4.86. The highest BCUT2D eigenvalue weighted by atomic mass is 16.5. The Balaban J connectivity index is 1.75. The molecule has 0 aliphatic heterocycles. The molecule has 1 aromatic carbocycles. The van der Waals surface area contributed by atoms with E-state index < -0.39 is 0 Å². The van der Waals surface area contributed by atoms with E-state index in [9.17, 15) is 0 Å². The van der Waals surface area contributed by atoms with Crippen LogP contribution in [-0.4, -0.2) is 12.6 Å². The van der Waals surface area contributed by atoms with Crippen LogP contribution in [0.25, 0.3) is 0 Å². The molecule has 1 aliphatic rings. The van der Waals surface area contributed by atoms with Gasteiger partial charge in [-0.25, -0.2) is 0 Å². The van der Waals surface area contributed by atoms with Crippen molar-refractivity contribution in [2.24, 2.45) is 5.92 Å². The van der Waals surface area contributed by atoms with Crippen LogP contribution < -0.4 is 10.1 Å². The summed E-state index contributed by atoms with van der Waals surface area (Å²) in [5.41, 5.74) is 1.17. The minimum Gasteiger partial charge on any atom is -0.491 e. The maximum atomic E-state index is 5.71. The monoisotopic (exact) mass is 261 g/mol. The molecule has 1 N–H and O–H groups in total. The molecule has 2 nitrogen and oxygen atoms in total. The first kappa shape index (κ1) is 14.2. The summed E-state index contributed by atoms with van der Waals surface area (Å²) in [5, 5.41) is 3.53. The summed E-state index contributed by atoms with van der Waals surface area (Å²) in [5.74, 6) is 1.90. The van der Waals surface area contributed by atoms with E-state index >= 15 is 0 Å². The first-order valence-corrected chi connectivity index (χ1v) is 7.74. The second-order valence-electron chi connectivity index (χ2n) is 5.91. The van der Waals surface area contributed by atoms with Gasteiger partial charge in [0.1, 0.15) is 5.75 Å². The summed E-state index contributed by atoms with van der Waals surface area (Å²) in [6, 6.07) is 8.29. The summed E-state index contributed by atoms with van der Waals surface area (Å²) < 4.78 is 5.71. The molecule has 19 heavy (non-hydrogen) atoms. The third kappa shape index (κ3) is 5.14. The Morgan fingerprint density at radius 1 is 1.21 bits per heavy atom. The van der Waals surface area contributed by atoms with E-state index in [2.05, 4.69) is 37.4 Å². The van der Waals surface area contributed by atoms with Gasteiger partial charge < -0.3 is 10.1 Å². The fourth-order valence-electron chi connectivity index (χ4n) is 2.85. The number of benzene rings is 1. The van der Waals surface area contributed by atoms with Crippen LogP contribution in [0.15, 0.2) is 24.3 Å². The van der Waals surface area contributed by atoms with E-state index in [1.165, 1.54) is 44.2 Å². The third-order valence-corrected chi connectivity index (χ3v) is 3.81. The third-order valence-electron chi connectivity index (χ3n) is 3.81. The number of ether oxygens (including phenoxy) is 1. The lowest BCUT2D eigenvalue weighted by Crippen LogP contribution is -2.12. The quantitative estimate of drug-likeness (QED) is 0.790. The normalized spacial score (nSPS) is 16.6. The van der Waals surface area contributed by atoms with Crippen LogP contribution in [0.5, 0.6) is 5.75 Å². The maximum absolute atomic E-state index is 5.71. The summed E-state index contributed by atoms with van der Waals surface area (Å²) in [7, 11) is 0. The zero-order valence-electron chi connectivity index (χ0n) is 12.3. The van der Waals surface area contributed by atoms with E-state index in [0.29, 0.717) is 0 Å². The molecule has 0 atom stereocenters.